The Hall–Kier alpha value is -2.99. The van der Waals surface area contributed by atoms with Crippen LogP contribution in [0.2, 0.25) is 5.02 Å². The molecule has 0 radical (unpaired) electrons. The van der Waals surface area contributed by atoms with Crippen LogP contribution in [0.5, 0.6) is 11.5 Å². The summed E-state index contributed by atoms with van der Waals surface area (Å²) in [6, 6.07) is 12.3. The Kier molecular flexibility index (Phi) is 5.98. The normalized spacial score (nSPS) is 13.4. The molecule has 2 aromatic carbocycles. The van der Waals surface area contributed by atoms with E-state index in [1.165, 1.54) is 12.2 Å². The first-order chi connectivity index (χ1) is 13.0. The molecule has 1 N–H and O–H groups in total. The highest BCUT2D eigenvalue weighted by Crippen LogP contribution is 2.34. The number of hydrogen-bond donors (Lipinski definition) is 1. The van der Waals surface area contributed by atoms with E-state index in [1.807, 2.05) is 25.1 Å². The first kappa shape index (κ1) is 18.8. The summed E-state index contributed by atoms with van der Waals surface area (Å²) in [6.45, 7) is 1.65. The number of fused-ring (bicyclic) bond motifs is 1. The van der Waals surface area contributed by atoms with Crippen molar-refractivity contribution in [1.82, 2.24) is 5.32 Å². The predicted molar refractivity (Wildman–Crippen MR) is 101 cm³/mol. The zero-order valence-corrected chi connectivity index (χ0v) is 15.4. The van der Waals surface area contributed by atoms with E-state index in [-0.39, 0.29) is 19.4 Å². The number of esters is 1. The summed E-state index contributed by atoms with van der Waals surface area (Å²) in [5.41, 5.74) is 1.55. The summed E-state index contributed by atoms with van der Waals surface area (Å²) in [5, 5.41) is 3.29. The molecule has 0 spiro atoms. The average molecular weight is 388 g/mol. The minimum Gasteiger partial charge on any atom is -0.454 e. The Bertz CT molecular complexity index is 880. The van der Waals surface area contributed by atoms with Gasteiger partial charge in [-0.3, -0.25) is 4.79 Å². The molecule has 1 heterocycles. The number of benzene rings is 2. The monoisotopic (exact) mass is 387 g/mol. The maximum atomic E-state index is 12.0. The van der Waals surface area contributed by atoms with Crippen molar-refractivity contribution in [1.29, 1.82) is 0 Å². The molecular formula is C20H18ClNO5. The second-order valence-electron chi connectivity index (χ2n) is 5.86. The SMILES string of the molecule is C[C@H](NC(=O)COC(=O)/C=C/c1ccccc1Cl)c1ccc2c(c1)OCO2. The second kappa shape index (κ2) is 8.60. The van der Waals surface area contributed by atoms with Gasteiger partial charge in [0.1, 0.15) is 0 Å². The first-order valence-corrected chi connectivity index (χ1v) is 8.69. The molecule has 6 nitrogen and oxygen atoms in total. The van der Waals surface area contributed by atoms with Gasteiger partial charge in [-0.2, -0.15) is 0 Å². The highest BCUT2D eigenvalue weighted by atomic mass is 35.5. The van der Waals surface area contributed by atoms with Crippen LogP contribution in [0.4, 0.5) is 0 Å². The molecule has 7 heteroatoms. The van der Waals surface area contributed by atoms with Gasteiger partial charge in [-0.15, -0.1) is 0 Å². The maximum absolute atomic E-state index is 12.0. The molecule has 1 aliphatic heterocycles. The van der Waals surface area contributed by atoms with Crippen LogP contribution >= 0.6 is 11.6 Å². The van der Waals surface area contributed by atoms with Crippen molar-refractivity contribution in [2.75, 3.05) is 13.4 Å². The highest BCUT2D eigenvalue weighted by molar-refractivity contribution is 6.32. The predicted octanol–water partition coefficient (Wildman–Crippen LogP) is 3.50. The van der Waals surface area contributed by atoms with E-state index in [0.717, 1.165) is 5.56 Å². The Balaban J connectivity index is 1.47. The molecule has 1 amide bonds. The van der Waals surface area contributed by atoms with Crippen LogP contribution in [0, 0.1) is 0 Å². The molecule has 0 aromatic heterocycles. The fourth-order valence-corrected chi connectivity index (χ4v) is 2.70. The second-order valence-corrected chi connectivity index (χ2v) is 6.27. The summed E-state index contributed by atoms with van der Waals surface area (Å²) in [5.74, 6) is 0.293. The number of halogens is 1. The number of nitrogens with one attached hydrogen (secondary N) is 1. The van der Waals surface area contributed by atoms with Crippen LogP contribution in [0.25, 0.3) is 6.08 Å². The van der Waals surface area contributed by atoms with Crippen molar-refractivity contribution in [2.24, 2.45) is 0 Å². The Morgan fingerprint density at radius 2 is 2.00 bits per heavy atom. The van der Waals surface area contributed by atoms with Gasteiger partial charge in [0.25, 0.3) is 5.91 Å². The summed E-state index contributed by atoms with van der Waals surface area (Å²) in [6.07, 6.45) is 2.77. The molecule has 0 aliphatic carbocycles. The first-order valence-electron chi connectivity index (χ1n) is 8.31. The van der Waals surface area contributed by atoms with Crippen LogP contribution in [0.1, 0.15) is 24.1 Å². The van der Waals surface area contributed by atoms with E-state index < -0.39 is 11.9 Å². The van der Waals surface area contributed by atoms with Crippen LogP contribution in [-0.2, 0) is 14.3 Å². The van der Waals surface area contributed by atoms with E-state index in [4.69, 9.17) is 25.8 Å². The summed E-state index contributed by atoms with van der Waals surface area (Å²) >= 11 is 6.00. The molecule has 0 unspecified atom stereocenters. The van der Waals surface area contributed by atoms with Crippen molar-refractivity contribution >= 4 is 29.6 Å². The molecular weight excluding hydrogens is 370 g/mol. The van der Waals surface area contributed by atoms with Gasteiger partial charge in [-0.25, -0.2) is 4.79 Å². The molecule has 0 bridgehead atoms. The average Bonchev–Trinajstić information content (AvgIpc) is 3.13. The molecule has 0 fully saturated rings. The van der Waals surface area contributed by atoms with E-state index in [1.54, 1.807) is 24.3 Å². The van der Waals surface area contributed by atoms with E-state index in [0.29, 0.717) is 22.1 Å². The molecule has 27 heavy (non-hydrogen) atoms. The van der Waals surface area contributed by atoms with Gasteiger partial charge >= 0.3 is 5.97 Å². The summed E-state index contributed by atoms with van der Waals surface area (Å²) in [4.78, 5) is 23.8. The standard InChI is InChI=1S/C20H18ClNO5/c1-13(15-6-8-17-18(10-15)27-12-26-17)22-19(23)11-25-20(24)9-7-14-4-2-3-5-16(14)21/h2-10,13H,11-12H2,1H3,(H,22,23)/b9-7+/t13-/m0/s1. The van der Waals surface area contributed by atoms with Crippen LogP contribution < -0.4 is 14.8 Å². The van der Waals surface area contributed by atoms with E-state index in [9.17, 15) is 9.59 Å². The van der Waals surface area contributed by atoms with Crippen molar-refractivity contribution < 1.29 is 23.8 Å². The molecule has 1 aliphatic rings. The largest absolute Gasteiger partial charge is 0.454 e. The van der Waals surface area contributed by atoms with E-state index in [2.05, 4.69) is 5.32 Å². The number of carbonyl (C=O) groups is 2. The van der Waals surface area contributed by atoms with Crippen LogP contribution in [0.15, 0.2) is 48.5 Å². The third kappa shape index (κ3) is 5.01. The maximum Gasteiger partial charge on any atom is 0.331 e. The summed E-state index contributed by atoms with van der Waals surface area (Å²) < 4.78 is 15.5. The lowest BCUT2D eigenvalue weighted by Crippen LogP contribution is -2.30. The number of amides is 1. The van der Waals surface area contributed by atoms with Gasteiger partial charge in [0.15, 0.2) is 18.1 Å². The van der Waals surface area contributed by atoms with Crippen LogP contribution in [-0.4, -0.2) is 25.3 Å². The minimum atomic E-state index is -0.624. The zero-order valence-electron chi connectivity index (χ0n) is 14.6. The Morgan fingerprint density at radius 3 is 2.81 bits per heavy atom. The molecule has 0 saturated heterocycles. The third-order valence-corrected chi connectivity index (χ3v) is 4.27. The number of rotatable bonds is 6. The Morgan fingerprint density at radius 1 is 1.22 bits per heavy atom. The van der Waals surface area contributed by atoms with Crippen molar-refractivity contribution in [3.05, 3.63) is 64.7 Å². The quantitative estimate of drug-likeness (QED) is 0.606. The smallest absolute Gasteiger partial charge is 0.331 e. The van der Waals surface area contributed by atoms with Gasteiger partial charge in [0, 0.05) is 11.1 Å². The topological polar surface area (TPSA) is 73.9 Å². The molecule has 1 atom stereocenters. The van der Waals surface area contributed by atoms with Crippen LogP contribution in [0.3, 0.4) is 0 Å². The Labute approximate surface area is 161 Å². The van der Waals surface area contributed by atoms with Crippen molar-refractivity contribution in [2.45, 2.75) is 13.0 Å². The third-order valence-electron chi connectivity index (χ3n) is 3.92. The fraction of sp³-hybridized carbons (Fsp3) is 0.200. The number of carbonyl (C=O) groups excluding carboxylic acids is 2. The highest BCUT2D eigenvalue weighted by Gasteiger charge is 2.17. The van der Waals surface area contributed by atoms with Crippen molar-refractivity contribution in [3.63, 3.8) is 0 Å². The molecule has 0 saturated carbocycles. The molecule has 140 valence electrons. The van der Waals surface area contributed by atoms with Gasteiger partial charge in [0.2, 0.25) is 6.79 Å². The van der Waals surface area contributed by atoms with E-state index >= 15 is 0 Å². The number of ether oxygens (including phenoxy) is 3. The van der Waals surface area contributed by atoms with Gasteiger partial charge in [-0.05, 0) is 42.3 Å². The number of hydrogen-bond acceptors (Lipinski definition) is 5. The van der Waals surface area contributed by atoms with Gasteiger partial charge < -0.3 is 19.5 Å². The van der Waals surface area contributed by atoms with Gasteiger partial charge in [-0.1, -0.05) is 35.9 Å². The lowest BCUT2D eigenvalue weighted by atomic mass is 10.1. The molecule has 3 rings (SSSR count). The fourth-order valence-electron chi connectivity index (χ4n) is 2.50. The molecule has 2 aromatic rings. The lowest BCUT2D eigenvalue weighted by Gasteiger charge is -2.14. The zero-order chi connectivity index (χ0) is 19.2. The summed E-state index contributed by atoms with van der Waals surface area (Å²) in [7, 11) is 0. The van der Waals surface area contributed by atoms with Crippen molar-refractivity contribution in [3.8, 4) is 11.5 Å². The minimum absolute atomic E-state index is 0.192. The van der Waals surface area contributed by atoms with Gasteiger partial charge in [0.05, 0.1) is 6.04 Å². The lowest BCUT2D eigenvalue weighted by molar-refractivity contribution is -0.144.